The summed E-state index contributed by atoms with van der Waals surface area (Å²) in [7, 11) is 0. The number of primary amides is 1. The van der Waals surface area contributed by atoms with Gasteiger partial charge in [-0.05, 0) is 50.2 Å². The minimum atomic E-state index is -0.261. The number of ether oxygens (including phenoxy) is 1. The van der Waals surface area contributed by atoms with Gasteiger partial charge in [0, 0.05) is 24.6 Å². The fourth-order valence-corrected chi connectivity index (χ4v) is 5.72. The van der Waals surface area contributed by atoms with Crippen molar-refractivity contribution in [1.29, 1.82) is 5.26 Å². The number of carbonyl (C=O) groups is 1. The van der Waals surface area contributed by atoms with Crippen molar-refractivity contribution in [1.82, 2.24) is 19.5 Å². The number of aromatic nitrogens is 4. The molecule has 2 atom stereocenters. The Hall–Kier alpha value is -3.13. The molecule has 3 aromatic rings. The summed E-state index contributed by atoms with van der Waals surface area (Å²) in [4.78, 5) is 25.9. The van der Waals surface area contributed by atoms with E-state index in [1.165, 1.54) is 0 Å². The molecule has 1 aliphatic heterocycles. The van der Waals surface area contributed by atoms with Crippen LogP contribution >= 0.6 is 23.2 Å². The molecule has 0 radical (unpaired) electrons. The van der Waals surface area contributed by atoms with Crippen LogP contribution in [0.25, 0.3) is 11.2 Å². The normalized spacial score (nSPS) is 23.9. The Bertz CT molecular complexity index is 1340. The molecule has 10 nitrogen and oxygen atoms in total. The summed E-state index contributed by atoms with van der Waals surface area (Å²) < 4.78 is 7.60. The number of nitrogens with zero attached hydrogens (tertiary/aromatic N) is 5. The monoisotopic (exact) mass is 542 g/mol. The molecule has 194 valence electrons. The molecule has 12 heteroatoms. The predicted octanol–water partition coefficient (Wildman–Crippen LogP) is 4.80. The second-order valence-corrected chi connectivity index (χ2v) is 10.6. The number of hydrogen-bond donors (Lipinski definition) is 3. The highest BCUT2D eigenvalue weighted by molar-refractivity contribution is 6.39. The van der Waals surface area contributed by atoms with Crippen molar-refractivity contribution in [2.75, 3.05) is 23.8 Å². The van der Waals surface area contributed by atoms with E-state index in [1.54, 1.807) is 18.3 Å². The van der Waals surface area contributed by atoms with Gasteiger partial charge in [0.05, 0.1) is 40.2 Å². The molecular weight excluding hydrogens is 515 g/mol. The van der Waals surface area contributed by atoms with Crippen LogP contribution in [0.3, 0.4) is 0 Å². The number of nitriles is 1. The number of fused-ring (bicyclic) bond motifs is 1. The highest BCUT2D eigenvalue weighted by Crippen LogP contribution is 2.39. The van der Waals surface area contributed by atoms with Crippen LogP contribution in [-0.2, 0) is 9.53 Å². The Morgan fingerprint density at radius 3 is 2.57 bits per heavy atom. The first-order valence-electron chi connectivity index (χ1n) is 12.4. The lowest BCUT2D eigenvalue weighted by Crippen LogP contribution is -2.36. The zero-order valence-corrected chi connectivity index (χ0v) is 21.9. The Kier molecular flexibility index (Phi) is 7.38. The lowest BCUT2D eigenvalue weighted by atomic mass is 9.85. The molecular formula is C25H28Cl2N8O2. The zero-order valence-electron chi connectivity index (χ0n) is 20.4. The first-order chi connectivity index (χ1) is 17.8. The van der Waals surface area contributed by atoms with Crippen LogP contribution < -0.4 is 16.4 Å². The molecule has 4 N–H and O–H groups in total. The molecule has 0 bridgehead atoms. The van der Waals surface area contributed by atoms with Crippen molar-refractivity contribution in [3.8, 4) is 6.07 Å². The molecule has 1 saturated carbocycles. The first kappa shape index (κ1) is 25.5. The van der Waals surface area contributed by atoms with Crippen molar-refractivity contribution in [2.24, 2.45) is 17.6 Å². The quantitative estimate of drug-likeness (QED) is 0.402. The van der Waals surface area contributed by atoms with E-state index in [-0.39, 0.29) is 23.9 Å². The maximum atomic E-state index is 11.8. The lowest BCUT2D eigenvalue weighted by Gasteiger charge is -2.30. The molecule has 1 saturated heterocycles. The van der Waals surface area contributed by atoms with Gasteiger partial charge in [0.15, 0.2) is 5.65 Å². The van der Waals surface area contributed by atoms with E-state index in [0.717, 1.165) is 19.3 Å². The fraction of sp³-hybridized carbons (Fsp3) is 0.480. The van der Waals surface area contributed by atoms with Crippen molar-refractivity contribution < 1.29 is 9.53 Å². The minimum Gasteiger partial charge on any atom is -0.381 e. The Morgan fingerprint density at radius 1 is 1.19 bits per heavy atom. The highest BCUT2D eigenvalue weighted by Gasteiger charge is 2.30. The van der Waals surface area contributed by atoms with Gasteiger partial charge in [0.1, 0.15) is 5.52 Å². The maximum absolute atomic E-state index is 11.8. The number of benzene rings is 1. The zero-order chi connectivity index (χ0) is 26.1. The minimum absolute atomic E-state index is 0.0313. The van der Waals surface area contributed by atoms with Gasteiger partial charge in [0.2, 0.25) is 17.8 Å². The smallest absolute Gasteiger partial charge is 0.224 e. The molecule has 1 amide bonds. The van der Waals surface area contributed by atoms with Crippen molar-refractivity contribution in [3.05, 3.63) is 33.9 Å². The third-order valence-corrected chi connectivity index (χ3v) is 7.86. The number of amides is 1. The third-order valence-electron chi connectivity index (χ3n) is 7.26. The largest absolute Gasteiger partial charge is 0.381 e. The summed E-state index contributed by atoms with van der Waals surface area (Å²) in [5.41, 5.74) is 7.67. The van der Waals surface area contributed by atoms with Crippen LogP contribution in [0, 0.1) is 23.2 Å². The van der Waals surface area contributed by atoms with Crippen molar-refractivity contribution >= 4 is 57.9 Å². The van der Waals surface area contributed by atoms with E-state index >= 15 is 0 Å². The summed E-state index contributed by atoms with van der Waals surface area (Å²) in [6.45, 7) is 3.54. The van der Waals surface area contributed by atoms with E-state index in [9.17, 15) is 10.1 Å². The van der Waals surface area contributed by atoms with E-state index in [4.69, 9.17) is 43.6 Å². The Labute approximate surface area is 224 Å². The average Bonchev–Trinajstić information content (AvgIpc) is 3.24. The number of hydrogen-bond acceptors (Lipinski definition) is 8. The molecule has 0 spiro atoms. The Morgan fingerprint density at radius 2 is 1.92 bits per heavy atom. The van der Waals surface area contributed by atoms with Crippen LogP contribution in [0.4, 0.5) is 17.6 Å². The molecule has 2 aromatic heterocycles. The van der Waals surface area contributed by atoms with Crippen LogP contribution in [-0.4, -0.2) is 44.7 Å². The second kappa shape index (κ2) is 10.7. The topological polar surface area (TPSA) is 144 Å². The van der Waals surface area contributed by atoms with Gasteiger partial charge in [-0.3, -0.25) is 9.36 Å². The summed E-state index contributed by atoms with van der Waals surface area (Å²) in [6, 6.07) is 5.40. The number of nitrogens with one attached hydrogen (secondary N) is 2. The van der Waals surface area contributed by atoms with Gasteiger partial charge in [-0.1, -0.05) is 30.1 Å². The molecule has 1 aliphatic carbocycles. The van der Waals surface area contributed by atoms with Gasteiger partial charge < -0.3 is 21.1 Å². The van der Waals surface area contributed by atoms with Gasteiger partial charge in [-0.25, -0.2) is 9.97 Å². The number of imidazole rings is 1. The Balaban J connectivity index is 1.53. The SMILES string of the molecule is C[C@@H]1COCC[C@H]1Nc1ncc2nc(Nc3c(Cl)cc(C#N)cc3Cl)n(C3CCC(C(N)=O)CC3)c2n1. The van der Waals surface area contributed by atoms with Gasteiger partial charge >= 0.3 is 0 Å². The number of halogens is 2. The molecule has 1 aromatic carbocycles. The lowest BCUT2D eigenvalue weighted by molar-refractivity contribution is -0.122. The fourth-order valence-electron chi connectivity index (χ4n) is 5.14. The summed E-state index contributed by atoms with van der Waals surface area (Å²) in [6.07, 6.45) is 5.44. The first-order valence-corrected chi connectivity index (χ1v) is 13.1. The van der Waals surface area contributed by atoms with E-state index in [1.807, 2.05) is 4.57 Å². The van der Waals surface area contributed by atoms with E-state index in [2.05, 4.69) is 28.6 Å². The molecule has 0 unspecified atom stereocenters. The molecule has 37 heavy (non-hydrogen) atoms. The summed E-state index contributed by atoms with van der Waals surface area (Å²) in [5, 5.41) is 16.6. The number of rotatable bonds is 6. The summed E-state index contributed by atoms with van der Waals surface area (Å²) in [5.74, 6) is 0.977. The third kappa shape index (κ3) is 5.30. The molecule has 5 rings (SSSR count). The van der Waals surface area contributed by atoms with E-state index < -0.39 is 0 Å². The van der Waals surface area contributed by atoms with Crippen molar-refractivity contribution in [3.63, 3.8) is 0 Å². The predicted molar refractivity (Wildman–Crippen MR) is 142 cm³/mol. The van der Waals surface area contributed by atoms with E-state index in [0.29, 0.717) is 76.3 Å². The van der Waals surface area contributed by atoms with Crippen LogP contribution in [0.2, 0.25) is 10.0 Å². The van der Waals surface area contributed by atoms with Crippen LogP contribution in [0.5, 0.6) is 0 Å². The van der Waals surface area contributed by atoms with Crippen LogP contribution in [0.1, 0.15) is 50.6 Å². The molecule has 2 fully saturated rings. The molecule has 3 heterocycles. The van der Waals surface area contributed by atoms with Crippen LogP contribution in [0.15, 0.2) is 18.3 Å². The maximum Gasteiger partial charge on any atom is 0.224 e. The molecule has 2 aliphatic rings. The number of nitrogens with two attached hydrogens (primary N) is 1. The van der Waals surface area contributed by atoms with Crippen molar-refractivity contribution in [2.45, 2.75) is 51.1 Å². The standard InChI is InChI=1S/C25H28Cl2N8O2/c1-13-12-37-7-6-19(13)31-24-30-11-20-23(34-24)35(16-4-2-15(3-5-16)22(29)36)25(32-20)33-21-17(26)8-14(10-28)9-18(21)27/h8-9,11,13,15-16,19H,2-7,12H2,1H3,(H2,29,36)(H,32,33)(H,30,31,34)/t13-,15?,16?,19-/m1/s1. The van der Waals surface area contributed by atoms with Gasteiger partial charge in [-0.15, -0.1) is 0 Å². The number of carbonyl (C=O) groups excluding carboxylic acids is 1. The summed E-state index contributed by atoms with van der Waals surface area (Å²) >= 11 is 12.9. The highest BCUT2D eigenvalue weighted by atomic mass is 35.5. The number of anilines is 3. The second-order valence-electron chi connectivity index (χ2n) is 9.76. The van der Waals surface area contributed by atoms with Gasteiger partial charge in [-0.2, -0.15) is 10.2 Å². The average molecular weight is 543 g/mol. The van der Waals surface area contributed by atoms with Gasteiger partial charge in [0.25, 0.3) is 0 Å².